The quantitative estimate of drug-likeness (QED) is 0.673. The van der Waals surface area contributed by atoms with Crippen LogP contribution >= 0.6 is 0 Å². The topological polar surface area (TPSA) is 21.7 Å². The minimum atomic E-state index is 0.338. The van der Waals surface area contributed by atoms with Crippen molar-refractivity contribution in [2.45, 2.75) is 39.3 Å². The molecule has 3 nitrogen and oxygen atoms in total. The standard InChI is InChI=1S/C11H23NO2/c1-4-11(9-14-10(2)3)12-5-7-13-8-6-12/h10-11H,4-9H2,1-3H3. The van der Waals surface area contributed by atoms with Crippen molar-refractivity contribution < 1.29 is 9.47 Å². The predicted molar refractivity (Wildman–Crippen MR) is 57.6 cm³/mol. The fraction of sp³-hybridized carbons (Fsp3) is 1.00. The second-order valence-corrected chi connectivity index (χ2v) is 4.09. The van der Waals surface area contributed by atoms with Gasteiger partial charge in [0, 0.05) is 19.1 Å². The molecule has 1 aliphatic rings. The molecule has 0 aromatic heterocycles. The zero-order valence-corrected chi connectivity index (χ0v) is 9.66. The first-order valence-corrected chi connectivity index (χ1v) is 5.67. The van der Waals surface area contributed by atoms with E-state index in [1.54, 1.807) is 0 Å². The third-order valence-electron chi connectivity index (χ3n) is 2.66. The van der Waals surface area contributed by atoms with Crippen LogP contribution in [0.4, 0.5) is 0 Å². The zero-order valence-electron chi connectivity index (χ0n) is 9.66. The van der Waals surface area contributed by atoms with Gasteiger partial charge in [0.15, 0.2) is 0 Å². The Kier molecular flexibility index (Phi) is 5.45. The maximum Gasteiger partial charge on any atom is 0.0625 e. The second-order valence-electron chi connectivity index (χ2n) is 4.09. The summed E-state index contributed by atoms with van der Waals surface area (Å²) in [7, 11) is 0. The maximum absolute atomic E-state index is 5.67. The molecule has 1 heterocycles. The van der Waals surface area contributed by atoms with Gasteiger partial charge in [0.25, 0.3) is 0 Å². The minimum Gasteiger partial charge on any atom is -0.379 e. The van der Waals surface area contributed by atoms with Gasteiger partial charge in [-0.3, -0.25) is 4.90 Å². The molecule has 84 valence electrons. The molecule has 0 radical (unpaired) electrons. The average Bonchev–Trinajstić information content (AvgIpc) is 2.20. The summed E-state index contributed by atoms with van der Waals surface area (Å²) in [4.78, 5) is 2.48. The van der Waals surface area contributed by atoms with Gasteiger partial charge in [-0.2, -0.15) is 0 Å². The van der Waals surface area contributed by atoms with Gasteiger partial charge in [0.1, 0.15) is 0 Å². The zero-order chi connectivity index (χ0) is 10.4. The fourth-order valence-electron chi connectivity index (χ4n) is 1.73. The molecule has 14 heavy (non-hydrogen) atoms. The van der Waals surface area contributed by atoms with Crippen LogP contribution in [-0.2, 0) is 9.47 Å². The van der Waals surface area contributed by atoms with E-state index in [1.165, 1.54) is 0 Å². The van der Waals surface area contributed by atoms with Crippen LogP contribution < -0.4 is 0 Å². The molecule has 0 N–H and O–H groups in total. The first kappa shape index (κ1) is 12.0. The largest absolute Gasteiger partial charge is 0.379 e. The normalized spacial score (nSPS) is 21.4. The van der Waals surface area contributed by atoms with Crippen LogP contribution in [0.3, 0.4) is 0 Å². The van der Waals surface area contributed by atoms with Gasteiger partial charge in [0.2, 0.25) is 0 Å². The second kappa shape index (κ2) is 6.38. The first-order valence-electron chi connectivity index (χ1n) is 5.67. The molecule has 1 saturated heterocycles. The van der Waals surface area contributed by atoms with Gasteiger partial charge in [-0.1, -0.05) is 6.92 Å². The Morgan fingerprint density at radius 3 is 2.43 bits per heavy atom. The van der Waals surface area contributed by atoms with Gasteiger partial charge >= 0.3 is 0 Å². The van der Waals surface area contributed by atoms with E-state index in [0.29, 0.717) is 12.1 Å². The Morgan fingerprint density at radius 2 is 1.93 bits per heavy atom. The van der Waals surface area contributed by atoms with E-state index in [1.807, 2.05) is 0 Å². The van der Waals surface area contributed by atoms with Crippen molar-refractivity contribution in [2.24, 2.45) is 0 Å². The van der Waals surface area contributed by atoms with Crippen molar-refractivity contribution in [3.05, 3.63) is 0 Å². The SMILES string of the molecule is CCC(COC(C)C)N1CCOCC1. The Bertz CT molecular complexity index is 144. The third-order valence-corrected chi connectivity index (χ3v) is 2.66. The molecule has 1 unspecified atom stereocenters. The van der Waals surface area contributed by atoms with Crippen molar-refractivity contribution in [2.75, 3.05) is 32.9 Å². The lowest BCUT2D eigenvalue weighted by Crippen LogP contribution is -2.45. The fourth-order valence-corrected chi connectivity index (χ4v) is 1.73. The van der Waals surface area contributed by atoms with Gasteiger partial charge in [-0.25, -0.2) is 0 Å². The van der Waals surface area contributed by atoms with Crippen LogP contribution in [-0.4, -0.2) is 50.0 Å². The van der Waals surface area contributed by atoms with Crippen LogP contribution in [0, 0.1) is 0 Å². The van der Waals surface area contributed by atoms with Crippen molar-refractivity contribution in [1.82, 2.24) is 4.90 Å². The molecule has 0 aliphatic carbocycles. The van der Waals surface area contributed by atoms with Crippen LogP contribution in [0.2, 0.25) is 0 Å². The number of hydrogen-bond donors (Lipinski definition) is 0. The van der Waals surface area contributed by atoms with Crippen LogP contribution in [0.1, 0.15) is 27.2 Å². The number of ether oxygens (including phenoxy) is 2. The summed E-state index contributed by atoms with van der Waals surface area (Å²) >= 11 is 0. The van der Waals surface area contributed by atoms with E-state index in [-0.39, 0.29) is 0 Å². The van der Waals surface area contributed by atoms with Crippen LogP contribution in [0.15, 0.2) is 0 Å². The van der Waals surface area contributed by atoms with E-state index in [9.17, 15) is 0 Å². The molecule has 1 rings (SSSR count). The summed E-state index contributed by atoms with van der Waals surface area (Å²) in [6, 6.07) is 0.571. The van der Waals surface area contributed by atoms with E-state index in [2.05, 4.69) is 25.7 Å². The van der Waals surface area contributed by atoms with Crippen molar-refractivity contribution in [3.63, 3.8) is 0 Å². The lowest BCUT2D eigenvalue weighted by atomic mass is 10.2. The highest BCUT2D eigenvalue weighted by atomic mass is 16.5. The Balaban J connectivity index is 2.28. The number of rotatable bonds is 5. The van der Waals surface area contributed by atoms with E-state index >= 15 is 0 Å². The molecule has 0 bridgehead atoms. The molecular formula is C11H23NO2. The van der Waals surface area contributed by atoms with E-state index in [4.69, 9.17) is 9.47 Å². The lowest BCUT2D eigenvalue weighted by Gasteiger charge is -2.34. The predicted octanol–water partition coefficient (Wildman–Crippen LogP) is 1.52. The summed E-state index contributed by atoms with van der Waals surface area (Å²) in [6.07, 6.45) is 1.50. The summed E-state index contributed by atoms with van der Waals surface area (Å²) in [5.41, 5.74) is 0. The van der Waals surface area contributed by atoms with Crippen molar-refractivity contribution >= 4 is 0 Å². The minimum absolute atomic E-state index is 0.338. The molecule has 0 aromatic carbocycles. The average molecular weight is 201 g/mol. The Labute approximate surface area is 87.4 Å². The summed E-state index contributed by atoms with van der Waals surface area (Å²) in [5, 5.41) is 0. The van der Waals surface area contributed by atoms with E-state index < -0.39 is 0 Å². The van der Waals surface area contributed by atoms with Gasteiger partial charge in [-0.15, -0.1) is 0 Å². The Morgan fingerprint density at radius 1 is 1.29 bits per heavy atom. The smallest absolute Gasteiger partial charge is 0.0625 e. The van der Waals surface area contributed by atoms with Crippen molar-refractivity contribution in [1.29, 1.82) is 0 Å². The summed E-state index contributed by atoms with van der Waals surface area (Å²) in [5.74, 6) is 0. The lowest BCUT2D eigenvalue weighted by molar-refractivity contribution is -0.0233. The first-order chi connectivity index (χ1) is 6.74. The number of morpholine rings is 1. The third kappa shape index (κ3) is 3.95. The molecule has 0 saturated carbocycles. The molecule has 1 fully saturated rings. The number of hydrogen-bond acceptors (Lipinski definition) is 3. The maximum atomic E-state index is 5.67. The highest BCUT2D eigenvalue weighted by Crippen LogP contribution is 2.08. The highest BCUT2D eigenvalue weighted by Gasteiger charge is 2.19. The van der Waals surface area contributed by atoms with Gasteiger partial charge in [0.05, 0.1) is 25.9 Å². The van der Waals surface area contributed by atoms with Crippen LogP contribution in [0.25, 0.3) is 0 Å². The highest BCUT2D eigenvalue weighted by molar-refractivity contribution is 4.72. The van der Waals surface area contributed by atoms with Crippen molar-refractivity contribution in [3.8, 4) is 0 Å². The molecule has 0 aromatic rings. The molecule has 0 spiro atoms. The molecule has 0 amide bonds. The summed E-state index contributed by atoms with van der Waals surface area (Å²) in [6.45, 7) is 11.1. The molecular weight excluding hydrogens is 178 g/mol. The molecule has 3 heteroatoms. The van der Waals surface area contributed by atoms with Gasteiger partial charge in [-0.05, 0) is 20.3 Å². The van der Waals surface area contributed by atoms with Gasteiger partial charge < -0.3 is 9.47 Å². The summed E-state index contributed by atoms with van der Waals surface area (Å²) < 4.78 is 11.0. The van der Waals surface area contributed by atoms with E-state index in [0.717, 1.165) is 39.3 Å². The molecule has 1 atom stereocenters. The Hall–Kier alpha value is -0.120. The van der Waals surface area contributed by atoms with Crippen LogP contribution in [0.5, 0.6) is 0 Å². The monoisotopic (exact) mass is 201 g/mol. The molecule has 1 aliphatic heterocycles. The number of nitrogens with zero attached hydrogens (tertiary/aromatic N) is 1.